The first-order valence-electron chi connectivity index (χ1n) is 8.10. The number of halogens is 1. The van der Waals surface area contributed by atoms with Crippen LogP contribution in [0.1, 0.15) is 38.2 Å². The van der Waals surface area contributed by atoms with E-state index in [1.54, 1.807) is 12.2 Å². The third-order valence-electron chi connectivity index (χ3n) is 4.14. The number of benzene rings is 1. The SMILES string of the molecule is C[C@@H]1CCCCN1CCCNC(=O)/C=C/c1cccc(Cl)c1. The molecule has 1 aromatic carbocycles. The standard InChI is InChI=1S/C18H25ClN2O/c1-15-6-2-3-12-21(15)13-5-11-20-18(22)10-9-16-7-4-8-17(19)14-16/h4,7-10,14-15H,2-3,5-6,11-13H2,1H3,(H,20,22)/b10-9+/t15-/m1/s1. The van der Waals surface area contributed by atoms with Gasteiger partial charge in [0.2, 0.25) is 5.91 Å². The van der Waals surface area contributed by atoms with Gasteiger partial charge in [0.15, 0.2) is 0 Å². The summed E-state index contributed by atoms with van der Waals surface area (Å²) in [6.45, 7) is 5.29. The highest BCUT2D eigenvalue weighted by Gasteiger charge is 2.16. The van der Waals surface area contributed by atoms with Crippen molar-refractivity contribution in [2.45, 2.75) is 38.6 Å². The molecule has 2 rings (SSSR count). The lowest BCUT2D eigenvalue weighted by molar-refractivity contribution is -0.116. The van der Waals surface area contributed by atoms with Crippen molar-refractivity contribution in [2.24, 2.45) is 0 Å². The van der Waals surface area contributed by atoms with Gasteiger partial charge in [-0.15, -0.1) is 0 Å². The fourth-order valence-corrected chi connectivity index (χ4v) is 3.02. The molecule has 0 bridgehead atoms. The summed E-state index contributed by atoms with van der Waals surface area (Å²) < 4.78 is 0. The summed E-state index contributed by atoms with van der Waals surface area (Å²) >= 11 is 5.91. The number of likely N-dealkylation sites (tertiary alicyclic amines) is 1. The average Bonchev–Trinajstić information content (AvgIpc) is 2.51. The Hall–Kier alpha value is -1.32. The Labute approximate surface area is 138 Å². The second kappa shape index (κ2) is 8.96. The van der Waals surface area contributed by atoms with E-state index in [2.05, 4.69) is 17.1 Å². The van der Waals surface area contributed by atoms with Crippen molar-refractivity contribution in [2.75, 3.05) is 19.6 Å². The van der Waals surface area contributed by atoms with Crippen LogP contribution in [0, 0.1) is 0 Å². The Morgan fingerprint density at radius 2 is 2.32 bits per heavy atom. The largest absolute Gasteiger partial charge is 0.353 e. The molecular formula is C18H25ClN2O. The summed E-state index contributed by atoms with van der Waals surface area (Å²) in [7, 11) is 0. The molecular weight excluding hydrogens is 296 g/mol. The van der Waals surface area contributed by atoms with Crippen molar-refractivity contribution < 1.29 is 4.79 Å². The molecule has 1 saturated heterocycles. The van der Waals surface area contributed by atoms with Crippen LogP contribution in [0.25, 0.3) is 6.08 Å². The van der Waals surface area contributed by atoms with Crippen LogP contribution in [0.5, 0.6) is 0 Å². The first-order valence-corrected chi connectivity index (χ1v) is 8.48. The first kappa shape index (κ1) is 17.0. The summed E-state index contributed by atoms with van der Waals surface area (Å²) in [5, 5.41) is 3.62. The van der Waals surface area contributed by atoms with Crippen molar-refractivity contribution in [3.8, 4) is 0 Å². The summed E-state index contributed by atoms with van der Waals surface area (Å²) in [4.78, 5) is 14.3. The maximum absolute atomic E-state index is 11.8. The zero-order chi connectivity index (χ0) is 15.8. The molecule has 0 saturated carbocycles. The van der Waals surface area contributed by atoms with Crippen LogP contribution in [-0.2, 0) is 4.79 Å². The molecule has 4 heteroatoms. The van der Waals surface area contributed by atoms with Gasteiger partial charge in [-0.2, -0.15) is 0 Å². The molecule has 0 spiro atoms. The van der Waals surface area contributed by atoms with Gasteiger partial charge < -0.3 is 10.2 Å². The Morgan fingerprint density at radius 3 is 3.09 bits per heavy atom. The fourth-order valence-electron chi connectivity index (χ4n) is 2.82. The number of rotatable bonds is 6. The molecule has 0 unspecified atom stereocenters. The number of nitrogens with zero attached hydrogens (tertiary/aromatic N) is 1. The third kappa shape index (κ3) is 5.82. The van der Waals surface area contributed by atoms with E-state index in [1.807, 2.05) is 24.3 Å². The van der Waals surface area contributed by atoms with Crippen molar-refractivity contribution in [1.29, 1.82) is 0 Å². The van der Waals surface area contributed by atoms with E-state index in [1.165, 1.54) is 25.8 Å². The lowest BCUT2D eigenvalue weighted by Crippen LogP contribution is -2.39. The topological polar surface area (TPSA) is 32.3 Å². The number of carbonyl (C=O) groups excluding carboxylic acids is 1. The Morgan fingerprint density at radius 1 is 1.45 bits per heavy atom. The minimum Gasteiger partial charge on any atom is -0.353 e. The number of hydrogen-bond acceptors (Lipinski definition) is 2. The van der Waals surface area contributed by atoms with Crippen molar-refractivity contribution in [3.63, 3.8) is 0 Å². The highest BCUT2D eigenvalue weighted by atomic mass is 35.5. The van der Waals surface area contributed by atoms with Crippen LogP contribution in [-0.4, -0.2) is 36.5 Å². The van der Waals surface area contributed by atoms with E-state index >= 15 is 0 Å². The molecule has 1 aliphatic heterocycles. The van der Waals surface area contributed by atoms with Gasteiger partial charge in [-0.3, -0.25) is 4.79 Å². The average molecular weight is 321 g/mol. The maximum Gasteiger partial charge on any atom is 0.243 e. The van der Waals surface area contributed by atoms with Gasteiger partial charge in [0.05, 0.1) is 0 Å². The summed E-state index contributed by atoms with van der Waals surface area (Å²) in [6, 6.07) is 8.14. The first-order chi connectivity index (χ1) is 10.6. The zero-order valence-electron chi connectivity index (χ0n) is 13.2. The molecule has 0 aliphatic carbocycles. The normalized spacial score (nSPS) is 19.5. The second-order valence-corrected chi connectivity index (χ2v) is 6.35. The smallest absolute Gasteiger partial charge is 0.243 e. The van der Waals surface area contributed by atoms with Crippen LogP contribution < -0.4 is 5.32 Å². The van der Waals surface area contributed by atoms with Crippen molar-refractivity contribution in [3.05, 3.63) is 40.9 Å². The molecule has 22 heavy (non-hydrogen) atoms. The van der Waals surface area contributed by atoms with E-state index in [4.69, 9.17) is 11.6 Å². The molecule has 0 aromatic heterocycles. The minimum absolute atomic E-state index is 0.0494. The molecule has 1 N–H and O–H groups in total. The molecule has 120 valence electrons. The number of nitrogens with one attached hydrogen (secondary N) is 1. The summed E-state index contributed by atoms with van der Waals surface area (Å²) in [5.74, 6) is -0.0494. The van der Waals surface area contributed by atoms with Gasteiger partial charge in [-0.25, -0.2) is 0 Å². The second-order valence-electron chi connectivity index (χ2n) is 5.91. The predicted octanol–water partition coefficient (Wildman–Crippen LogP) is 3.73. The lowest BCUT2D eigenvalue weighted by atomic mass is 10.0. The molecule has 3 nitrogen and oxygen atoms in total. The number of piperidine rings is 1. The predicted molar refractivity (Wildman–Crippen MR) is 93.0 cm³/mol. The van der Waals surface area contributed by atoms with Gasteiger partial charge in [-0.1, -0.05) is 30.2 Å². The minimum atomic E-state index is -0.0494. The van der Waals surface area contributed by atoms with E-state index < -0.39 is 0 Å². The number of carbonyl (C=O) groups is 1. The molecule has 1 fully saturated rings. The van der Waals surface area contributed by atoms with Crippen molar-refractivity contribution >= 4 is 23.6 Å². The number of hydrogen-bond donors (Lipinski definition) is 1. The van der Waals surface area contributed by atoms with Gasteiger partial charge in [-0.05, 0) is 56.5 Å². The van der Waals surface area contributed by atoms with E-state index in [-0.39, 0.29) is 5.91 Å². The highest BCUT2D eigenvalue weighted by molar-refractivity contribution is 6.30. The molecule has 0 radical (unpaired) electrons. The van der Waals surface area contributed by atoms with Gasteiger partial charge >= 0.3 is 0 Å². The number of amides is 1. The van der Waals surface area contributed by atoms with Crippen LogP contribution in [0.2, 0.25) is 5.02 Å². The molecule has 1 aliphatic rings. The van der Waals surface area contributed by atoms with Crippen LogP contribution in [0.15, 0.2) is 30.3 Å². The Bertz CT molecular complexity index is 516. The zero-order valence-corrected chi connectivity index (χ0v) is 14.0. The molecule has 1 aromatic rings. The van der Waals surface area contributed by atoms with Gasteiger partial charge in [0.1, 0.15) is 0 Å². The highest BCUT2D eigenvalue weighted by Crippen LogP contribution is 2.16. The van der Waals surface area contributed by atoms with E-state index in [0.717, 1.165) is 25.1 Å². The fraction of sp³-hybridized carbons (Fsp3) is 0.500. The van der Waals surface area contributed by atoms with Crippen LogP contribution >= 0.6 is 11.6 Å². The molecule has 1 atom stereocenters. The van der Waals surface area contributed by atoms with Gasteiger partial charge in [0, 0.05) is 30.2 Å². The lowest BCUT2D eigenvalue weighted by Gasteiger charge is -2.33. The summed E-state index contributed by atoms with van der Waals surface area (Å²) in [5.41, 5.74) is 0.935. The monoisotopic (exact) mass is 320 g/mol. The summed E-state index contributed by atoms with van der Waals surface area (Å²) in [6.07, 6.45) is 8.31. The Balaban J connectivity index is 1.65. The van der Waals surface area contributed by atoms with Gasteiger partial charge in [0.25, 0.3) is 0 Å². The quantitative estimate of drug-likeness (QED) is 0.640. The van der Waals surface area contributed by atoms with E-state index in [9.17, 15) is 4.79 Å². The molecule has 1 amide bonds. The maximum atomic E-state index is 11.8. The third-order valence-corrected chi connectivity index (χ3v) is 4.37. The Kier molecular flexibility index (Phi) is 6.94. The van der Waals surface area contributed by atoms with E-state index in [0.29, 0.717) is 11.1 Å². The van der Waals surface area contributed by atoms with Crippen molar-refractivity contribution in [1.82, 2.24) is 10.2 Å². The van der Waals surface area contributed by atoms with Crippen LogP contribution in [0.4, 0.5) is 0 Å². The molecule has 1 heterocycles. The van der Waals surface area contributed by atoms with Crippen LogP contribution in [0.3, 0.4) is 0 Å².